The molecule has 0 spiro atoms. The zero-order chi connectivity index (χ0) is 18.1. The van der Waals surface area contributed by atoms with Crippen LogP contribution in [0.2, 0.25) is 0 Å². The molecule has 0 unspecified atom stereocenters. The molecule has 0 bridgehead atoms. The first-order valence-corrected chi connectivity index (χ1v) is 8.57. The molecule has 2 aromatic carbocycles. The number of amides is 1. The Morgan fingerprint density at radius 1 is 1.08 bits per heavy atom. The number of aromatic amines is 1. The highest BCUT2D eigenvalue weighted by atomic mass is 16.2. The molecule has 0 saturated carbocycles. The molecule has 0 aliphatic rings. The van der Waals surface area contributed by atoms with Gasteiger partial charge >= 0.3 is 0 Å². The molecule has 1 heterocycles. The van der Waals surface area contributed by atoms with Crippen LogP contribution < -0.4 is 5.32 Å². The van der Waals surface area contributed by atoms with Crippen molar-refractivity contribution in [3.05, 3.63) is 53.7 Å². The largest absolute Gasteiger partial charge is 0.388 e. The summed E-state index contributed by atoms with van der Waals surface area (Å²) < 4.78 is 0. The van der Waals surface area contributed by atoms with Crippen molar-refractivity contribution in [3.63, 3.8) is 0 Å². The van der Waals surface area contributed by atoms with Gasteiger partial charge in [-0.05, 0) is 46.9 Å². The minimum Gasteiger partial charge on any atom is -0.388 e. The van der Waals surface area contributed by atoms with E-state index in [0.717, 1.165) is 27.7 Å². The van der Waals surface area contributed by atoms with Crippen LogP contribution in [-0.2, 0) is 0 Å². The molecule has 2 N–H and O–H groups in total. The van der Waals surface area contributed by atoms with E-state index in [1.165, 1.54) is 5.56 Å². The smallest absolute Gasteiger partial charge is 0.269 e. The normalized spacial score (nSPS) is 11.1. The maximum Gasteiger partial charge on any atom is 0.269 e. The van der Waals surface area contributed by atoms with E-state index in [2.05, 4.69) is 60.5 Å². The molecule has 0 radical (unpaired) electrons. The van der Waals surface area contributed by atoms with E-state index in [-0.39, 0.29) is 5.91 Å². The van der Waals surface area contributed by atoms with Gasteiger partial charge in [-0.15, -0.1) is 0 Å². The van der Waals surface area contributed by atoms with Crippen molar-refractivity contribution < 1.29 is 4.79 Å². The Hall–Kier alpha value is -2.75. The fourth-order valence-corrected chi connectivity index (χ4v) is 3.00. The Kier molecular flexibility index (Phi) is 4.53. The lowest BCUT2D eigenvalue weighted by Crippen LogP contribution is -2.21. The van der Waals surface area contributed by atoms with Crippen molar-refractivity contribution in [3.8, 4) is 11.1 Å². The molecule has 0 saturated heterocycles. The molecule has 0 atom stereocenters. The van der Waals surface area contributed by atoms with Crippen LogP contribution in [-0.4, -0.2) is 36.9 Å². The lowest BCUT2D eigenvalue weighted by atomic mass is 9.94. The number of anilines is 1. The molecule has 4 heteroatoms. The van der Waals surface area contributed by atoms with Gasteiger partial charge in [0.1, 0.15) is 5.69 Å². The second kappa shape index (κ2) is 6.63. The summed E-state index contributed by atoms with van der Waals surface area (Å²) in [5.74, 6) is 0.398. The maximum atomic E-state index is 12.4. The summed E-state index contributed by atoms with van der Waals surface area (Å²) in [4.78, 5) is 17.2. The molecular formula is C21H25N3O. The number of hydrogen-bond acceptors (Lipinski definition) is 2. The van der Waals surface area contributed by atoms with Crippen LogP contribution in [0.4, 0.5) is 5.69 Å². The summed E-state index contributed by atoms with van der Waals surface area (Å²) in [6.45, 7) is 4.37. The average Bonchev–Trinajstić information content (AvgIpc) is 3.04. The highest BCUT2D eigenvalue weighted by Crippen LogP contribution is 2.33. The lowest BCUT2D eigenvalue weighted by Gasteiger charge is -2.11. The van der Waals surface area contributed by atoms with Crippen LogP contribution in [0.5, 0.6) is 0 Å². The fraction of sp³-hybridized carbons (Fsp3) is 0.286. The molecule has 3 rings (SSSR count). The second-order valence-electron chi connectivity index (χ2n) is 6.89. The van der Waals surface area contributed by atoms with Gasteiger partial charge in [0.05, 0.1) is 0 Å². The Morgan fingerprint density at radius 3 is 2.32 bits per heavy atom. The highest BCUT2D eigenvalue weighted by Gasteiger charge is 2.16. The van der Waals surface area contributed by atoms with Crippen LogP contribution >= 0.6 is 0 Å². The maximum absolute atomic E-state index is 12.4. The molecule has 25 heavy (non-hydrogen) atoms. The van der Waals surface area contributed by atoms with Crippen LogP contribution in [0.25, 0.3) is 22.0 Å². The average molecular weight is 335 g/mol. The topological polar surface area (TPSA) is 48.1 Å². The summed E-state index contributed by atoms with van der Waals surface area (Å²) in [7, 11) is 5.45. The Morgan fingerprint density at radius 2 is 1.76 bits per heavy atom. The van der Waals surface area contributed by atoms with E-state index in [9.17, 15) is 4.79 Å². The van der Waals surface area contributed by atoms with E-state index in [1.807, 2.05) is 13.1 Å². The predicted molar refractivity (Wildman–Crippen MR) is 105 cm³/mol. The van der Waals surface area contributed by atoms with Crippen molar-refractivity contribution in [2.24, 2.45) is 0 Å². The third-order valence-electron chi connectivity index (χ3n) is 4.55. The summed E-state index contributed by atoms with van der Waals surface area (Å²) in [6, 6.07) is 14.7. The van der Waals surface area contributed by atoms with Gasteiger partial charge in [0, 0.05) is 37.7 Å². The fourth-order valence-electron chi connectivity index (χ4n) is 3.00. The van der Waals surface area contributed by atoms with Crippen molar-refractivity contribution in [1.29, 1.82) is 0 Å². The van der Waals surface area contributed by atoms with Gasteiger partial charge in [0.2, 0.25) is 0 Å². The summed E-state index contributed by atoms with van der Waals surface area (Å²) in [5, 5.41) is 4.22. The minimum atomic E-state index is -0.0150. The zero-order valence-electron chi connectivity index (χ0n) is 15.5. The quantitative estimate of drug-likeness (QED) is 0.726. The van der Waals surface area contributed by atoms with Crippen LogP contribution in [0.3, 0.4) is 0 Å². The van der Waals surface area contributed by atoms with Gasteiger partial charge in [-0.1, -0.05) is 32.0 Å². The van der Waals surface area contributed by atoms with Crippen LogP contribution in [0, 0.1) is 0 Å². The van der Waals surface area contributed by atoms with E-state index in [4.69, 9.17) is 0 Å². The number of aromatic nitrogens is 1. The number of rotatable bonds is 4. The highest BCUT2D eigenvalue weighted by molar-refractivity contribution is 6.03. The second-order valence-corrected chi connectivity index (χ2v) is 6.89. The number of H-pyrrole nitrogens is 1. The van der Waals surface area contributed by atoms with E-state index >= 15 is 0 Å². The number of nitrogens with one attached hydrogen (secondary N) is 2. The van der Waals surface area contributed by atoms with Gasteiger partial charge < -0.3 is 15.2 Å². The van der Waals surface area contributed by atoms with Crippen molar-refractivity contribution in [1.82, 2.24) is 9.88 Å². The summed E-state index contributed by atoms with van der Waals surface area (Å²) in [6.07, 6.45) is 0. The predicted octanol–water partition coefficient (Wildman–Crippen LogP) is 4.70. The van der Waals surface area contributed by atoms with E-state index in [1.54, 1.807) is 19.0 Å². The van der Waals surface area contributed by atoms with E-state index < -0.39 is 0 Å². The molecule has 0 aliphatic carbocycles. The summed E-state index contributed by atoms with van der Waals surface area (Å²) in [5.41, 5.74) is 6.26. The minimum absolute atomic E-state index is 0.0150. The summed E-state index contributed by atoms with van der Waals surface area (Å²) >= 11 is 0. The molecule has 4 nitrogen and oxygen atoms in total. The molecule has 1 amide bonds. The van der Waals surface area contributed by atoms with Gasteiger partial charge in [-0.3, -0.25) is 4.79 Å². The van der Waals surface area contributed by atoms with Gasteiger partial charge in [0.25, 0.3) is 5.91 Å². The van der Waals surface area contributed by atoms with Gasteiger partial charge in [0.15, 0.2) is 0 Å². The first-order valence-electron chi connectivity index (χ1n) is 8.57. The third-order valence-corrected chi connectivity index (χ3v) is 4.55. The first-order chi connectivity index (χ1) is 11.9. The number of nitrogens with zero attached hydrogens (tertiary/aromatic N) is 1. The van der Waals surface area contributed by atoms with Crippen LogP contribution in [0.15, 0.2) is 42.5 Å². The molecule has 1 aromatic heterocycles. The first kappa shape index (κ1) is 17.1. The Labute approximate surface area is 148 Å². The number of carbonyl (C=O) groups excluding carboxylic acids is 1. The van der Waals surface area contributed by atoms with Crippen LogP contribution in [0.1, 0.15) is 35.8 Å². The van der Waals surface area contributed by atoms with E-state index in [0.29, 0.717) is 11.6 Å². The monoisotopic (exact) mass is 335 g/mol. The van der Waals surface area contributed by atoms with Gasteiger partial charge in [-0.25, -0.2) is 0 Å². The SMILES string of the molecule is CNc1ccc(-c2cc(C(C)C)cc3[nH]c(C(=O)N(C)C)cc23)cc1. The van der Waals surface area contributed by atoms with Gasteiger partial charge in [-0.2, -0.15) is 0 Å². The lowest BCUT2D eigenvalue weighted by molar-refractivity contribution is 0.0823. The number of fused-ring (bicyclic) bond motifs is 1. The van der Waals surface area contributed by atoms with Crippen molar-refractivity contribution in [2.75, 3.05) is 26.5 Å². The number of benzene rings is 2. The molecule has 3 aromatic rings. The molecule has 130 valence electrons. The molecular weight excluding hydrogens is 310 g/mol. The Balaban J connectivity index is 2.21. The number of hydrogen-bond donors (Lipinski definition) is 2. The molecule has 0 fully saturated rings. The Bertz CT molecular complexity index is 905. The number of carbonyl (C=O) groups is 1. The third kappa shape index (κ3) is 3.25. The standard InChI is InChI=1S/C21H25N3O/c1-13(2)15-10-17(14-6-8-16(22-3)9-7-14)18-12-20(21(25)24(4)5)23-19(18)11-15/h6-13,22-23H,1-5H3. The van der Waals surface area contributed by atoms with Crippen molar-refractivity contribution >= 4 is 22.5 Å². The zero-order valence-corrected chi connectivity index (χ0v) is 15.5. The van der Waals surface area contributed by atoms with Crippen molar-refractivity contribution in [2.45, 2.75) is 19.8 Å². The molecule has 0 aliphatic heterocycles.